The first-order valence-corrected chi connectivity index (χ1v) is 4.22. The molecule has 0 unspecified atom stereocenters. The van der Waals surface area contributed by atoms with E-state index >= 15 is 0 Å². The van der Waals surface area contributed by atoms with Gasteiger partial charge >= 0.3 is 0 Å². The quantitative estimate of drug-likeness (QED) is 0.529. The third-order valence-electron chi connectivity index (χ3n) is 1.92. The van der Waals surface area contributed by atoms with E-state index in [1.165, 1.54) is 0 Å². The first kappa shape index (κ1) is 8.55. The topological polar surface area (TPSA) is 79.5 Å². The summed E-state index contributed by atoms with van der Waals surface area (Å²) in [5.41, 5.74) is 9.57. The Bertz CT molecular complexity index is 400. The highest BCUT2D eigenvalue weighted by atomic mass is 16.2. The molecule has 1 aliphatic rings. The SMILES string of the molecule is Nc1ccccc1C1=NNC(=O)CN1. The standard InChI is InChI=1S/C9H10N4O/c10-7-4-2-1-3-6(7)9-11-5-8(14)12-13-9/h1-4H,5,10H2,(H,11,13)(H,12,14). The maximum Gasteiger partial charge on any atom is 0.259 e. The lowest BCUT2D eigenvalue weighted by Crippen LogP contribution is -2.42. The summed E-state index contributed by atoms with van der Waals surface area (Å²) >= 11 is 0. The highest BCUT2D eigenvalue weighted by Gasteiger charge is 2.13. The van der Waals surface area contributed by atoms with Gasteiger partial charge in [-0.1, -0.05) is 12.1 Å². The van der Waals surface area contributed by atoms with E-state index in [-0.39, 0.29) is 12.5 Å². The van der Waals surface area contributed by atoms with Crippen LogP contribution in [0.1, 0.15) is 5.56 Å². The zero-order valence-corrected chi connectivity index (χ0v) is 7.45. The third-order valence-corrected chi connectivity index (χ3v) is 1.92. The number of hydrazone groups is 1. The molecule has 1 aromatic carbocycles. The molecule has 0 saturated carbocycles. The number of rotatable bonds is 1. The number of carbonyl (C=O) groups excluding carboxylic acids is 1. The van der Waals surface area contributed by atoms with Crippen LogP contribution in [0.15, 0.2) is 29.4 Å². The Balaban J connectivity index is 2.32. The number of nitrogens with two attached hydrogens (primary N) is 1. The lowest BCUT2D eigenvalue weighted by Gasteiger charge is -2.15. The molecule has 0 aliphatic carbocycles. The molecular weight excluding hydrogens is 180 g/mol. The molecule has 1 aromatic rings. The maximum atomic E-state index is 10.8. The molecule has 0 aromatic heterocycles. The number of hydrogen-bond acceptors (Lipinski definition) is 4. The van der Waals surface area contributed by atoms with Gasteiger partial charge in [0, 0.05) is 11.3 Å². The van der Waals surface area contributed by atoms with Crippen molar-refractivity contribution in [3.8, 4) is 0 Å². The van der Waals surface area contributed by atoms with Gasteiger partial charge in [-0.25, -0.2) is 5.43 Å². The minimum atomic E-state index is -0.150. The summed E-state index contributed by atoms with van der Waals surface area (Å²) in [6.07, 6.45) is 0. The predicted molar refractivity (Wildman–Crippen MR) is 53.5 cm³/mol. The highest BCUT2D eigenvalue weighted by Crippen LogP contribution is 2.10. The molecule has 14 heavy (non-hydrogen) atoms. The summed E-state index contributed by atoms with van der Waals surface area (Å²) < 4.78 is 0. The van der Waals surface area contributed by atoms with Gasteiger partial charge in [-0.2, -0.15) is 5.10 Å². The summed E-state index contributed by atoms with van der Waals surface area (Å²) in [6, 6.07) is 7.35. The number of para-hydroxylation sites is 1. The van der Waals surface area contributed by atoms with Crippen LogP contribution in [0.3, 0.4) is 0 Å². The van der Waals surface area contributed by atoms with E-state index in [0.717, 1.165) is 5.56 Å². The molecule has 4 N–H and O–H groups in total. The van der Waals surface area contributed by atoms with E-state index in [0.29, 0.717) is 11.5 Å². The van der Waals surface area contributed by atoms with Gasteiger partial charge in [0.2, 0.25) is 0 Å². The van der Waals surface area contributed by atoms with Gasteiger partial charge in [-0.05, 0) is 12.1 Å². The highest BCUT2D eigenvalue weighted by molar-refractivity contribution is 6.06. The van der Waals surface area contributed by atoms with Crippen LogP contribution >= 0.6 is 0 Å². The molecule has 0 radical (unpaired) electrons. The normalized spacial score (nSPS) is 15.4. The maximum absolute atomic E-state index is 10.8. The van der Waals surface area contributed by atoms with Crippen molar-refractivity contribution in [3.05, 3.63) is 29.8 Å². The van der Waals surface area contributed by atoms with E-state index < -0.39 is 0 Å². The Hall–Kier alpha value is -2.04. The average Bonchev–Trinajstić information content (AvgIpc) is 2.20. The molecule has 0 saturated heterocycles. The monoisotopic (exact) mass is 190 g/mol. The number of carbonyl (C=O) groups is 1. The zero-order chi connectivity index (χ0) is 9.97. The Morgan fingerprint density at radius 3 is 2.79 bits per heavy atom. The molecule has 1 aliphatic heterocycles. The molecule has 1 amide bonds. The number of benzene rings is 1. The molecular formula is C9H10N4O. The smallest absolute Gasteiger partial charge is 0.259 e. The van der Waals surface area contributed by atoms with Crippen molar-refractivity contribution in [2.75, 3.05) is 12.3 Å². The molecule has 5 nitrogen and oxygen atoms in total. The largest absolute Gasteiger partial charge is 0.398 e. The second kappa shape index (κ2) is 3.37. The Morgan fingerprint density at radius 2 is 2.14 bits per heavy atom. The molecule has 2 rings (SSSR count). The van der Waals surface area contributed by atoms with E-state index in [9.17, 15) is 4.79 Å². The fourth-order valence-electron chi connectivity index (χ4n) is 1.23. The summed E-state index contributed by atoms with van der Waals surface area (Å²) in [4.78, 5) is 10.8. The summed E-state index contributed by atoms with van der Waals surface area (Å²) in [5, 5.41) is 6.75. The van der Waals surface area contributed by atoms with Crippen molar-refractivity contribution < 1.29 is 4.79 Å². The molecule has 72 valence electrons. The zero-order valence-electron chi connectivity index (χ0n) is 7.45. The summed E-state index contributed by atoms with van der Waals surface area (Å²) in [6.45, 7) is 0.229. The first-order chi connectivity index (χ1) is 6.77. The Labute approximate surface area is 81.0 Å². The Kier molecular flexibility index (Phi) is 2.06. The second-order valence-electron chi connectivity index (χ2n) is 2.94. The summed E-state index contributed by atoms with van der Waals surface area (Å²) in [7, 11) is 0. The average molecular weight is 190 g/mol. The lowest BCUT2D eigenvalue weighted by molar-refractivity contribution is -0.120. The number of anilines is 1. The summed E-state index contributed by atoms with van der Waals surface area (Å²) in [5.74, 6) is 0.450. The van der Waals surface area contributed by atoms with Crippen LogP contribution in [0.4, 0.5) is 5.69 Å². The van der Waals surface area contributed by atoms with E-state index in [1.54, 1.807) is 6.07 Å². The van der Waals surface area contributed by atoms with Crippen molar-refractivity contribution in [1.29, 1.82) is 0 Å². The van der Waals surface area contributed by atoms with Crippen LogP contribution in [-0.2, 0) is 4.79 Å². The predicted octanol–water partition coefficient (Wildman–Crippen LogP) is -0.350. The van der Waals surface area contributed by atoms with Crippen molar-refractivity contribution in [1.82, 2.24) is 10.7 Å². The van der Waals surface area contributed by atoms with Crippen molar-refractivity contribution >= 4 is 17.4 Å². The molecule has 0 atom stereocenters. The van der Waals surface area contributed by atoms with E-state index in [1.807, 2.05) is 18.2 Å². The van der Waals surface area contributed by atoms with Gasteiger partial charge in [0.25, 0.3) is 5.91 Å². The van der Waals surface area contributed by atoms with Crippen molar-refractivity contribution in [3.63, 3.8) is 0 Å². The number of nitrogens with one attached hydrogen (secondary N) is 2. The van der Waals surface area contributed by atoms with Gasteiger partial charge in [-0.15, -0.1) is 0 Å². The number of hydrogen-bond donors (Lipinski definition) is 3. The van der Waals surface area contributed by atoms with Crippen LogP contribution in [-0.4, -0.2) is 18.3 Å². The van der Waals surface area contributed by atoms with Crippen LogP contribution in [0.25, 0.3) is 0 Å². The fraction of sp³-hybridized carbons (Fsp3) is 0.111. The number of nitrogens with zero attached hydrogens (tertiary/aromatic N) is 1. The second-order valence-corrected chi connectivity index (χ2v) is 2.94. The van der Waals surface area contributed by atoms with Gasteiger partial charge in [0.05, 0.1) is 6.54 Å². The van der Waals surface area contributed by atoms with Crippen LogP contribution < -0.4 is 16.5 Å². The van der Waals surface area contributed by atoms with Gasteiger partial charge in [0.1, 0.15) is 0 Å². The van der Waals surface area contributed by atoms with Crippen molar-refractivity contribution in [2.45, 2.75) is 0 Å². The third kappa shape index (κ3) is 1.52. The molecule has 5 heteroatoms. The van der Waals surface area contributed by atoms with Gasteiger partial charge in [0.15, 0.2) is 5.84 Å². The lowest BCUT2D eigenvalue weighted by atomic mass is 10.1. The van der Waals surface area contributed by atoms with E-state index in [4.69, 9.17) is 5.73 Å². The van der Waals surface area contributed by atoms with Crippen molar-refractivity contribution in [2.24, 2.45) is 5.10 Å². The van der Waals surface area contributed by atoms with Crippen LogP contribution in [0.5, 0.6) is 0 Å². The number of nitrogen functional groups attached to an aromatic ring is 1. The Morgan fingerprint density at radius 1 is 1.36 bits per heavy atom. The number of amidine groups is 1. The molecule has 1 heterocycles. The van der Waals surface area contributed by atoms with Gasteiger partial charge in [-0.3, -0.25) is 4.79 Å². The number of amides is 1. The minimum absolute atomic E-state index is 0.150. The fourth-order valence-corrected chi connectivity index (χ4v) is 1.23. The van der Waals surface area contributed by atoms with E-state index in [2.05, 4.69) is 15.8 Å². The molecule has 0 fully saturated rings. The molecule has 0 bridgehead atoms. The first-order valence-electron chi connectivity index (χ1n) is 4.22. The minimum Gasteiger partial charge on any atom is -0.398 e. The van der Waals surface area contributed by atoms with Gasteiger partial charge < -0.3 is 11.1 Å². The van der Waals surface area contributed by atoms with Crippen LogP contribution in [0.2, 0.25) is 0 Å². The molecule has 0 spiro atoms. The van der Waals surface area contributed by atoms with Crippen LogP contribution in [0, 0.1) is 0 Å².